The number of aromatic nitrogens is 8. The van der Waals surface area contributed by atoms with Crippen LogP contribution in [-0.2, 0) is 17.9 Å². The summed E-state index contributed by atoms with van der Waals surface area (Å²) in [6, 6.07) is 9.23. The third-order valence-electron chi connectivity index (χ3n) is 14.6. The summed E-state index contributed by atoms with van der Waals surface area (Å²) in [6.45, 7) is 3.19. The van der Waals surface area contributed by atoms with E-state index in [1.54, 1.807) is 26.2 Å². The highest BCUT2D eigenvalue weighted by Crippen LogP contribution is 2.46. The second-order valence-electron chi connectivity index (χ2n) is 20.1. The summed E-state index contributed by atoms with van der Waals surface area (Å²) in [5.74, 6) is -2.68. The average molecular weight is 1110 g/mol. The summed E-state index contributed by atoms with van der Waals surface area (Å²) >= 11 is 2.94. The molecule has 0 saturated heterocycles. The Labute approximate surface area is 451 Å². The molecule has 0 aliphatic heterocycles. The van der Waals surface area contributed by atoms with Crippen molar-refractivity contribution in [2.24, 2.45) is 17.4 Å². The molecule has 12 N–H and O–H groups in total. The van der Waals surface area contributed by atoms with Gasteiger partial charge in [0.05, 0.1) is 73.5 Å². The van der Waals surface area contributed by atoms with Crippen LogP contribution in [0, 0.1) is 43.0 Å². The molecule has 8 atom stereocenters. The number of halogens is 4. The molecule has 1 amide bonds. The number of nitrogens with two attached hydrogens (primary N) is 2. The van der Waals surface area contributed by atoms with Crippen molar-refractivity contribution in [2.75, 3.05) is 21.3 Å². The zero-order chi connectivity index (χ0) is 54.7. The van der Waals surface area contributed by atoms with Crippen LogP contribution in [0.5, 0.6) is 0 Å². The van der Waals surface area contributed by atoms with Gasteiger partial charge in [0.25, 0.3) is 0 Å². The summed E-state index contributed by atoms with van der Waals surface area (Å²) in [4.78, 5) is 49.0. The zero-order valence-corrected chi connectivity index (χ0v) is 43.6. The van der Waals surface area contributed by atoms with Crippen LogP contribution in [-0.4, -0.2) is 109 Å². The molecule has 12 rings (SSSR count). The molecule has 0 unspecified atom stereocenters. The van der Waals surface area contributed by atoms with Gasteiger partial charge >= 0.3 is 0 Å². The molecule has 0 spiro atoms. The van der Waals surface area contributed by atoms with Gasteiger partial charge in [-0.2, -0.15) is 9.97 Å². The molecule has 0 bridgehead atoms. The number of thiazole rings is 2. The minimum absolute atomic E-state index is 0.0823. The van der Waals surface area contributed by atoms with Gasteiger partial charge in [0.1, 0.15) is 68.2 Å². The molecule has 25 heteroatoms. The molecule has 78 heavy (non-hydrogen) atoms. The fourth-order valence-electron chi connectivity index (χ4n) is 10.1. The van der Waals surface area contributed by atoms with E-state index in [0.717, 1.165) is 57.5 Å². The van der Waals surface area contributed by atoms with Gasteiger partial charge in [-0.25, -0.2) is 37.5 Å². The Morgan fingerprint density at radius 1 is 0.603 bits per heavy atom. The van der Waals surface area contributed by atoms with Crippen LogP contribution < -0.4 is 32.7 Å². The standard InChI is InChI=1S/C27H27F2N7O3S.C26H27F2N7O2S/c1-11-19(26-35-21-18(40-26)7-8-31-20(21)12-5-6-12)25(34-17-9-13(24(30)39)22(37)23(17)38)36-27(33-11)32-10-14-15(28)3-2-4-16(14)29;1-11-19(25-34-21-18(38-25)7-8-30-20(21)12-5-6-12)24(33-17-9-16(29)22(36)23(17)37)35-26(32-11)31-10-13-14(27)3-2-4-15(13)28/h2-4,7-8,12-13,17,22-23,37-38H,5-6,9-10H2,1H3,(H2,30,39)(H2,32,33,34,36);2-4,7-8,12,16-17,22-23,36-37H,5-6,9-10,29H2,1H3,(H2,31,32,33,35)/t13-,17+,22+,23-;16-,17+,22+,23-/m00/s1. The number of hydrogen-bond donors (Lipinski definition) is 10. The van der Waals surface area contributed by atoms with E-state index in [9.17, 15) is 42.8 Å². The molecule has 19 nitrogen and oxygen atoms in total. The van der Waals surface area contributed by atoms with Crippen molar-refractivity contribution in [1.82, 2.24) is 39.9 Å². The highest BCUT2D eigenvalue weighted by Gasteiger charge is 2.45. The monoisotopic (exact) mass is 1110 g/mol. The van der Waals surface area contributed by atoms with Gasteiger partial charge in [-0.05, 0) is 88.8 Å². The smallest absolute Gasteiger partial charge is 0.225 e. The van der Waals surface area contributed by atoms with E-state index >= 15 is 0 Å². The van der Waals surface area contributed by atoms with E-state index in [4.69, 9.17) is 21.4 Å². The van der Waals surface area contributed by atoms with E-state index in [2.05, 4.69) is 51.2 Å². The van der Waals surface area contributed by atoms with E-state index in [-0.39, 0.29) is 48.4 Å². The number of rotatable bonds is 15. The number of aryl methyl sites for hydroxylation is 2. The molecule has 0 radical (unpaired) electrons. The Kier molecular flexibility index (Phi) is 14.6. The summed E-state index contributed by atoms with van der Waals surface area (Å²) in [5, 5.41) is 55.3. The Balaban J connectivity index is 0.000000166. The number of fused-ring (bicyclic) bond motifs is 2. The van der Waals surface area contributed by atoms with E-state index < -0.39 is 77.6 Å². The van der Waals surface area contributed by atoms with Crippen LogP contribution in [0.2, 0.25) is 0 Å². The van der Waals surface area contributed by atoms with Crippen LogP contribution in [0.15, 0.2) is 60.9 Å². The van der Waals surface area contributed by atoms with E-state index in [1.165, 1.54) is 59.1 Å². The molecule has 6 heterocycles. The van der Waals surface area contributed by atoms with Gasteiger partial charge in [0, 0.05) is 54.5 Å². The minimum atomic E-state index is -1.34. The lowest BCUT2D eigenvalue weighted by Gasteiger charge is -2.21. The van der Waals surface area contributed by atoms with Crippen LogP contribution in [0.4, 0.5) is 41.1 Å². The van der Waals surface area contributed by atoms with Crippen molar-refractivity contribution in [3.05, 3.63) is 118 Å². The molecule has 4 aliphatic rings. The first kappa shape index (κ1) is 52.9. The predicted octanol–water partition coefficient (Wildman–Crippen LogP) is 6.69. The Hall–Kier alpha value is -7.13. The Morgan fingerprint density at radius 2 is 1.03 bits per heavy atom. The molecule has 8 aromatic rings. The second kappa shape index (κ2) is 21.6. The molecule has 4 saturated carbocycles. The molecule has 4 aliphatic carbocycles. The largest absolute Gasteiger partial charge is 0.390 e. The third kappa shape index (κ3) is 10.6. The fourth-order valence-corrected chi connectivity index (χ4v) is 12.2. The Bertz CT molecular complexity index is 3550. The van der Waals surface area contributed by atoms with Crippen molar-refractivity contribution < 1.29 is 42.8 Å². The maximum atomic E-state index is 14.2. The number of hydrogen-bond acceptors (Lipinski definition) is 20. The maximum absolute atomic E-state index is 14.2. The fraction of sp³-hybridized carbons (Fsp3) is 0.377. The highest BCUT2D eigenvalue weighted by atomic mass is 32.1. The van der Waals surface area contributed by atoms with Crippen molar-refractivity contribution in [3.63, 3.8) is 0 Å². The average Bonchev–Trinajstić information content (AvgIpc) is 4.39. The van der Waals surface area contributed by atoms with Crippen LogP contribution in [0.3, 0.4) is 0 Å². The van der Waals surface area contributed by atoms with Crippen molar-refractivity contribution in [2.45, 2.75) is 120 Å². The molecule has 6 aromatic heterocycles. The van der Waals surface area contributed by atoms with Crippen LogP contribution >= 0.6 is 22.7 Å². The number of carbonyl (C=O) groups is 1. The number of pyridine rings is 2. The number of anilines is 4. The summed E-state index contributed by atoms with van der Waals surface area (Å²) < 4.78 is 58.7. The molecule has 4 fully saturated rings. The number of nitrogens with zero attached hydrogens (tertiary/aromatic N) is 8. The van der Waals surface area contributed by atoms with Gasteiger partial charge in [0.2, 0.25) is 17.8 Å². The minimum Gasteiger partial charge on any atom is -0.390 e. The first-order valence-electron chi connectivity index (χ1n) is 25.4. The van der Waals surface area contributed by atoms with Crippen molar-refractivity contribution in [3.8, 4) is 21.1 Å². The SMILES string of the molecule is Cc1nc(NCc2c(F)cccc2F)nc(N[C@@H]2C[C@H](C(N)=O)[C@@H](O)[C@H]2O)c1-c1nc2c(C3CC3)nccc2s1.Cc1nc(NCc2c(F)cccc2F)nc(N[C@@H]2C[C@H](N)[C@@H](O)[C@H]2O)c1-c1nc2c(C3CC3)nccc2s1. The normalized spacial score (nSPS) is 22.9. The van der Waals surface area contributed by atoms with Gasteiger partial charge < -0.3 is 53.2 Å². The predicted molar refractivity (Wildman–Crippen MR) is 286 cm³/mol. The topological polar surface area (TPSA) is 301 Å². The maximum Gasteiger partial charge on any atom is 0.225 e. The lowest BCUT2D eigenvalue weighted by atomic mass is 10.1. The first-order chi connectivity index (χ1) is 37.5. The number of benzene rings is 2. The van der Waals surface area contributed by atoms with Gasteiger partial charge in [-0.3, -0.25) is 14.8 Å². The molecular weight excluding hydrogens is 1050 g/mol. The second-order valence-corrected chi connectivity index (χ2v) is 22.2. The number of aliphatic hydroxyl groups is 4. The molecule has 406 valence electrons. The van der Waals surface area contributed by atoms with Gasteiger partial charge in [-0.15, -0.1) is 22.7 Å². The number of carbonyl (C=O) groups excluding carboxylic acids is 1. The summed E-state index contributed by atoms with van der Waals surface area (Å²) in [6.07, 6.45) is 3.51. The Morgan fingerprint density at radius 3 is 1.41 bits per heavy atom. The first-order valence-corrected chi connectivity index (χ1v) is 27.1. The lowest BCUT2D eigenvalue weighted by Crippen LogP contribution is -2.38. The van der Waals surface area contributed by atoms with Crippen molar-refractivity contribution in [1.29, 1.82) is 0 Å². The summed E-state index contributed by atoms with van der Waals surface area (Å²) in [7, 11) is 0. The molecular formula is C53H54F4N14O5S2. The number of nitrogens with one attached hydrogen (secondary N) is 4. The number of aliphatic hydroxyl groups excluding tert-OH is 4. The van der Waals surface area contributed by atoms with Crippen molar-refractivity contribution >= 4 is 72.5 Å². The van der Waals surface area contributed by atoms with Crippen LogP contribution in [0.1, 0.15) is 84.3 Å². The number of amides is 1. The van der Waals surface area contributed by atoms with E-state index in [1.807, 2.05) is 12.1 Å². The van der Waals surface area contributed by atoms with Gasteiger partial charge in [0.15, 0.2) is 0 Å². The zero-order valence-electron chi connectivity index (χ0n) is 42.0. The van der Waals surface area contributed by atoms with Crippen LogP contribution in [0.25, 0.3) is 41.6 Å². The molecule has 2 aromatic carbocycles. The van der Waals surface area contributed by atoms with E-state index in [0.29, 0.717) is 56.6 Å². The third-order valence-corrected chi connectivity index (χ3v) is 16.7. The highest BCUT2D eigenvalue weighted by molar-refractivity contribution is 7.22. The van der Waals surface area contributed by atoms with Gasteiger partial charge in [-0.1, -0.05) is 12.1 Å². The quantitative estimate of drug-likeness (QED) is 0.0478. The summed E-state index contributed by atoms with van der Waals surface area (Å²) in [5.41, 5.74) is 17.0. The lowest BCUT2D eigenvalue weighted by molar-refractivity contribution is -0.125. The number of primary amides is 1.